The third-order valence-corrected chi connectivity index (χ3v) is 10.4. The summed E-state index contributed by atoms with van der Waals surface area (Å²) in [7, 11) is 0. The Morgan fingerprint density at radius 3 is 1.59 bits per heavy atom. The molecule has 9 aromatic rings. The van der Waals surface area contributed by atoms with Crippen molar-refractivity contribution >= 4 is 56.6 Å². The second-order valence-corrected chi connectivity index (χ2v) is 15.4. The van der Waals surface area contributed by atoms with Gasteiger partial charge in [0.25, 0.3) is 5.89 Å². The normalized spacial score (nSPS) is 11.3. The van der Waals surface area contributed by atoms with Crippen LogP contribution in [0.15, 0.2) is 172 Å². The molecule has 0 saturated heterocycles. The zero-order valence-corrected chi connectivity index (χ0v) is 36.0. The number of halogens is 6. The Kier molecular flexibility index (Phi) is 14.4. The summed E-state index contributed by atoms with van der Waals surface area (Å²) in [5.41, 5.74) is 4.00. The molecule has 0 aliphatic rings. The highest BCUT2D eigenvalue weighted by molar-refractivity contribution is 7.80. The van der Waals surface area contributed by atoms with Crippen molar-refractivity contribution in [3.63, 3.8) is 0 Å². The lowest BCUT2D eigenvalue weighted by Crippen LogP contribution is -2.14. The Balaban J connectivity index is 0.000000170. The number of carboxylic acids is 1. The van der Waals surface area contributed by atoms with Gasteiger partial charge in [0.15, 0.2) is 10.9 Å². The maximum absolute atomic E-state index is 13.9. The number of benzene rings is 6. The largest absolute Gasteiger partial charge is 0.477 e. The highest BCUT2D eigenvalue weighted by Gasteiger charge is 2.35. The molecule has 0 fully saturated rings. The molecule has 0 aliphatic heterocycles. The summed E-state index contributed by atoms with van der Waals surface area (Å²) in [5, 5.41) is 19.2. The van der Waals surface area contributed by atoms with Gasteiger partial charge in [-0.3, -0.25) is 9.59 Å². The first-order valence-corrected chi connectivity index (χ1v) is 20.7. The van der Waals surface area contributed by atoms with Gasteiger partial charge in [-0.05, 0) is 64.2 Å². The number of nitrogens with two attached hydrogens (primary N) is 1. The van der Waals surface area contributed by atoms with Gasteiger partial charge in [0.1, 0.15) is 11.4 Å². The maximum atomic E-state index is 13.9. The van der Waals surface area contributed by atoms with E-state index >= 15 is 0 Å². The summed E-state index contributed by atoms with van der Waals surface area (Å²) in [5.74, 6) is -1.62. The van der Waals surface area contributed by atoms with Crippen LogP contribution in [0.1, 0.15) is 27.2 Å². The number of alkyl halides is 6. The Morgan fingerprint density at radius 1 is 0.632 bits per heavy atom. The van der Waals surface area contributed by atoms with Crippen molar-refractivity contribution < 1.29 is 40.7 Å². The number of hydrogen-bond donors (Lipinski definition) is 5. The van der Waals surface area contributed by atoms with Crippen LogP contribution in [0.5, 0.6) is 0 Å². The first kappa shape index (κ1) is 47.7. The molecule has 344 valence electrons. The predicted octanol–water partition coefficient (Wildman–Crippen LogP) is 11.5. The molecule has 0 aliphatic carbocycles. The van der Waals surface area contributed by atoms with Crippen LogP contribution < -0.4 is 21.9 Å². The van der Waals surface area contributed by atoms with Gasteiger partial charge in [0.05, 0.1) is 22.2 Å². The molecule has 0 saturated carbocycles. The molecular formula is C50H36F6N6O5S. The number of nitrogens with one attached hydrogen (secondary N) is 3. The molecule has 0 spiro atoms. The SMILES string of the molecule is NCC(=S)Cc1ccccc1.O=C(O)c1cc(=O)c2cc(-c3ccccc3)cc(C(F)(F)F)c2[nH]1.O=c1cc(-c2nnc(Nc3ccccc3)o2)[nH]c2c(C(F)(F)F)cc(-c3ccccc3)cc12. The Morgan fingerprint density at radius 2 is 1.10 bits per heavy atom. The molecule has 18 heteroatoms. The minimum atomic E-state index is -4.75. The van der Waals surface area contributed by atoms with E-state index in [9.17, 15) is 40.7 Å². The van der Waals surface area contributed by atoms with Crippen LogP contribution >= 0.6 is 12.2 Å². The van der Waals surface area contributed by atoms with Crippen molar-refractivity contribution in [3.8, 4) is 33.8 Å². The number of thiocarbonyl (C=S) groups is 1. The molecular weight excluding hydrogens is 911 g/mol. The lowest BCUT2D eigenvalue weighted by atomic mass is 9.98. The fourth-order valence-corrected chi connectivity index (χ4v) is 7.06. The monoisotopic (exact) mass is 946 g/mol. The van der Waals surface area contributed by atoms with Gasteiger partial charge < -0.3 is 30.5 Å². The number of carboxylic acid groups (broad SMARTS) is 1. The van der Waals surface area contributed by atoms with Crippen LogP contribution in [-0.4, -0.2) is 42.7 Å². The maximum Gasteiger partial charge on any atom is 0.418 e. The minimum Gasteiger partial charge on any atom is -0.477 e. The number of hydrogen-bond acceptors (Lipinski definition) is 9. The zero-order valence-electron chi connectivity index (χ0n) is 35.2. The molecule has 0 amide bonds. The zero-order chi connectivity index (χ0) is 48.6. The highest BCUT2D eigenvalue weighted by atomic mass is 32.1. The average Bonchev–Trinajstić information content (AvgIpc) is 3.80. The summed E-state index contributed by atoms with van der Waals surface area (Å²) >= 11 is 5.01. The van der Waals surface area contributed by atoms with Gasteiger partial charge in [0.2, 0.25) is 0 Å². The van der Waals surface area contributed by atoms with E-state index in [1.54, 1.807) is 72.8 Å². The number of para-hydroxylation sites is 1. The number of fused-ring (bicyclic) bond motifs is 2. The van der Waals surface area contributed by atoms with Crippen LogP contribution in [0.25, 0.3) is 55.6 Å². The second kappa shape index (κ2) is 20.5. The van der Waals surface area contributed by atoms with Crippen LogP contribution in [0.3, 0.4) is 0 Å². The van der Waals surface area contributed by atoms with Crippen molar-refractivity contribution in [3.05, 3.63) is 201 Å². The van der Waals surface area contributed by atoms with Gasteiger partial charge in [-0.2, -0.15) is 26.3 Å². The minimum absolute atomic E-state index is 0.0147. The number of rotatable bonds is 9. The quantitative estimate of drug-likeness (QED) is 0.0690. The van der Waals surface area contributed by atoms with E-state index in [1.165, 1.54) is 17.7 Å². The van der Waals surface area contributed by atoms with Gasteiger partial charge in [0, 0.05) is 46.4 Å². The summed E-state index contributed by atoms with van der Waals surface area (Å²) in [6.45, 7) is 0.504. The van der Waals surface area contributed by atoms with Gasteiger partial charge >= 0.3 is 24.3 Å². The standard InChI is InChI=1S/C24H15F3N4O2.C17H10F3NO3.C9H11NS/c25-24(26,27)18-12-15(14-7-3-1-4-8-14)11-17-20(32)13-19(29-21(17)18)22-30-31-23(33-22)28-16-9-5-2-6-10-16;18-17(19,20)12-7-10(9-4-2-1-3-5-9)6-11-14(22)8-13(16(23)24)21-15(11)12;10-7-9(11)6-8-4-2-1-3-5-8/h1-13H,(H,28,31)(H,29,32);1-8H,(H,21,22)(H,23,24);1-5H,6-7,10H2. The summed E-state index contributed by atoms with van der Waals surface area (Å²) in [6.07, 6.45) is -8.62. The molecule has 6 N–H and O–H groups in total. The third kappa shape index (κ3) is 11.6. The molecule has 11 nitrogen and oxygen atoms in total. The third-order valence-electron chi connectivity index (χ3n) is 10.1. The van der Waals surface area contributed by atoms with Crippen LogP contribution in [0.4, 0.5) is 38.0 Å². The Labute approximate surface area is 387 Å². The number of aromatic carboxylic acids is 1. The lowest BCUT2D eigenvalue weighted by molar-refractivity contribution is -0.137. The first-order valence-electron chi connectivity index (χ1n) is 20.3. The molecule has 6 aromatic carbocycles. The summed E-state index contributed by atoms with van der Waals surface area (Å²) in [6, 6.07) is 42.7. The molecule has 0 radical (unpaired) electrons. The van der Waals surface area contributed by atoms with E-state index < -0.39 is 51.5 Å². The number of anilines is 2. The van der Waals surface area contributed by atoms with E-state index in [4.69, 9.17) is 27.5 Å². The number of nitrogens with zero attached hydrogens (tertiary/aromatic N) is 2. The van der Waals surface area contributed by atoms with E-state index in [0.717, 1.165) is 35.6 Å². The van der Waals surface area contributed by atoms with Gasteiger partial charge in [-0.1, -0.05) is 127 Å². The van der Waals surface area contributed by atoms with Crippen molar-refractivity contribution in [1.29, 1.82) is 0 Å². The molecule has 0 bridgehead atoms. The Hall–Kier alpha value is -8.22. The van der Waals surface area contributed by atoms with Gasteiger partial charge in [-0.15, -0.1) is 5.10 Å². The highest BCUT2D eigenvalue weighted by Crippen LogP contribution is 2.38. The first-order chi connectivity index (χ1) is 32.5. The number of carbonyl (C=O) groups is 1. The van der Waals surface area contributed by atoms with E-state index in [0.29, 0.717) is 28.9 Å². The van der Waals surface area contributed by atoms with Crippen LogP contribution in [-0.2, 0) is 18.8 Å². The van der Waals surface area contributed by atoms with Crippen LogP contribution in [0.2, 0.25) is 0 Å². The van der Waals surface area contributed by atoms with E-state index in [2.05, 4.69) is 37.6 Å². The van der Waals surface area contributed by atoms with Gasteiger partial charge in [-0.25, -0.2) is 4.79 Å². The average molecular weight is 947 g/mol. The molecule has 68 heavy (non-hydrogen) atoms. The predicted molar refractivity (Wildman–Crippen MR) is 252 cm³/mol. The molecule has 0 atom stereocenters. The molecule has 3 aromatic heterocycles. The summed E-state index contributed by atoms with van der Waals surface area (Å²) < 4.78 is 87.6. The molecule has 0 unspecified atom stereocenters. The van der Waals surface area contributed by atoms with Crippen molar-refractivity contribution in [2.24, 2.45) is 5.73 Å². The van der Waals surface area contributed by atoms with Crippen molar-refractivity contribution in [2.45, 2.75) is 18.8 Å². The summed E-state index contributed by atoms with van der Waals surface area (Å²) in [4.78, 5) is 41.7. The number of H-pyrrole nitrogens is 2. The van der Waals surface area contributed by atoms with E-state index in [1.807, 2.05) is 36.4 Å². The van der Waals surface area contributed by atoms with Crippen molar-refractivity contribution in [1.82, 2.24) is 20.2 Å². The number of aromatic nitrogens is 4. The fraction of sp³-hybridized carbons (Fsp3) is 0.0800. The lowest BCUT2D eigenvalue weighted by Gasteiger charge is -2.13. The number of pyridine rings is 2. The second-order valence-electron chi connectivity index (χ2n) is 14.8. The van der Waals surface area contributed by atoms with E-state index in [-0.39, 0.29) is 39.5 Å². The van der Waals surface area contributed by atoms with Crippen LogP contribution in [0, 0.1) is 0 Å². The molecule has 3 heterocycles. The van der Waals surface area contributed by atoms with Crippen molar-refractivity contribution in [2.75, 3.05) is 11.9 Å². The smallest absolute Gasteiger partial charge is 0.418 e. The molecule has 9 rings (SSSR count). The fourth-order valence-electron chi connectivity index (χ4n) is 6.90. The Bertz CT molecular complexity index is 3350. The number of aromatic amines is 2. The topological polar surface area (TPSA) is 180 Å².